The van der Waals surface area contributed by atoms with E-state index in [-0.39, 0.29) is 24.4 Å². The first kappa shape index (κ1) is 17.6. The topological polar surface area (TPSA) is 68.4 Å². The van der Waals surface area contributed by atoms with E-state index in [9.17, 15) is 9.59 Å². The molecule has 2 aliphatic heterocycles. The summed E-state index contributed by atoms with van der Waals surface area (Å²) in [5, 5.41) is 2.53. The highest BCUT2D eigenvalue weighted by Crippen LogP contribution is 2.38. The summed E-state index contributed by atoms with van der Waals surface area (Å²) in [6.45, 7) is 6.00. The molecule has 1 fully saturated rings. The van der Waals surface area contributed by atoms with Crippen LogP contribution in [0.2, 0.25) is 0 Å². The van der Waals surface area contributed by atoms with Crippen molar-refractivity contribution in [3.63, 3.8) is 0 Å². The second-order valence-corrected chi connectivity index (χ2v) is 7.64. The molecule has 3 aromatic rings. The Balaban J connectivity index is 1.46. The van der Waals surface area contributed by atoms with Crippen LogP contribution in [-0.2, 0) is 16.0 Å². The standard InChI is InChI=1S/C23H22N4O2/c1-14(16-8-4-3-5-9-16)25-26-13-21(28)27-15(2)22-18(12-20(27)23(26)29)17-10-6-7-11-19(17)24-22/h3-11,15,20,24-25H,1,12-13H2,2H3/t15-,20-/m0/s1. The number of carbonyl (C=O) groups is 2. The van der Waals surface area contributed by atoms with E-state index in [0.29, 0.717) is 12.1 Å². The van der Waals surface area contributed by atoms with Crippen LogP contribution < -0.4 is 5.43 Å². The first-order valence-electron chi connectivity index (χ1n) is 9.77. The van der Waals surface area contributed by atoms with Crippen LogP contribution in [0.25, 0.3) is 16.6 Å². The molecule has 0 radical (unpaired) electrons. The lowest BCUT2D eigenvalue weighted by Gasteiger charge is -2.46. The van der Waals surface area contributed by atoms with Crippen molar-refractivity contribution in [3.05, 3.63) is 78.0 Å². The van der Waals surface area contributed by atoms with Gasteiger partial charge in [0.1, 0.15) is 12.6 Å². The highest BCUT2D eigenvalue weighted by Gasteiger charge is 2.46. The molecule has 1 saturated heterocycles. The molecule has 0 unspecified atom stereocenters. The van der Waals surface area contributed by atoms with Crippen LogP contribution in [-0.4, -0.2) is 39.3 Å². The van der Waals surface area contributed by atoms with Crippen molar-refractivity contribution >= 4 is 28.4 Å². The Kier molecular flexibility index (Phi) is 3.94. The molecule has 2 atom stereocenters. The molecule has 2 amide bonds. The number of carbonyl (C=O) groups excluding carboxylic acids is 2. The van der Waals surface area contributed by atoms with Crippen LogP contribution in [0.15, 0.2) is 61.2 Å². The lowest BCUT2D eigenvalue weighted by molar-refractivity contribution is -0.161. The molecule has 2 N–H and O–H groups in total. The van der Waals surface area contributed by atoms with Crippen molar-refractivity contribution in [2.45, 2.75) is 25.4 Å². The summed E-state index contributed by atoms with van der Waals surface area (Å²) in [5.74, 6) is -0.177. The predicted molar refractivity (Wildman–Crippen MR) is 111 cm³/mol. The smallest absolute Gasteiger partial charge is 0.264 e. The molecule has 0 aliphatic carbocycles. The van der Waals surface area contributed by atoms with Crippen molar-refractivity contribution in [1.82, 2.24) is 20.3 Å². The van der Waals surface area contributed by atoms with E-state index < -0.39 is 6.04 Å². The fourth-order valence-corrected chi connectivity index (χ4v) is 4.53. The largest absolute Gasteiger partial charge is 0.356 e. The van der Waals surface area contributed by atoms with Gasteiger partial charge in [-0.1, -0.05) is 55.1 Å². The zero-order valence-corrected chi connectivity index (χ0v) is 16.2. The third-order valence-corrected chi connectivity index (χ3v) is 5.94. The number of para-hydroxylation sites is 1. The van der Waals surface area contributed by atoms with Crippen LogP contribution in [0.5, 0.6) is 0 Å². The average molecular weight is 386 g/mol. The van der Waals surface area contributed by atoms with Gasteiger partial charge in [-0.05, 0) is 24.1 Å². The van der Waals surface area contributed by atoms with Gasteiger partial charge < -0.3 is 9.88 Å². The zero-order chi connectivity index (χ0) is 20.1. The number of aromatic amines is 1. The maximum atomic E-state index is 13.3. The Morgan fingerprint density at radius 1 is 1.10 bits per heavy atom. The number of benzene rings is 2. The van der Waals surface area contributed by atoms with Crippen molar-refractivity contribution in [1.29, 1.82) is 0 Å². The Hall–Kier alpha value is -3.54. The van der Waals surface area contributed by atoms with E-state index in [1.165, 1.54) is 5.01 Å². The number of fused-ring (bicyclic) bond motifs is 4. The maximum Gasteiger partial charge on any atom is 0.264 e. The minimum Gasteiger partial charge on any atom is -0.356 e. The summed E-state index contributed by atoms with van der Waals surface area (Å²) >= 11 is 0. The first-order valence-corrected chi connectivity index (χ1v) is 9.77. The van der Waals surface area contributed by atoms with E-state index >= 15 is 0 Å². The Bertz CT molecular complexity index is 1130. The van der Waals surface area contributed by atoms with Gasteiger partial charge in [0.15, 0.2) is 0 Å². The highest BCUT2D eigenvalue weighted by atomic mass is 16.2. The summed E-state index contributed by atoms with van der Waals surface area (Å²) < 4.78 is 0. The minimum atomic E-state index is -0.519. The van der Waals surface area contributed by atoms with Crippen molar-refractivity contribution in [2.24, 2.45) is 0 Å². The molecule has 5 rings (SSSR count). The zero-order valence-electron chi connectivity index (χ0n) is 16.2. The van der Waals surface area contributed by atoms with Crippen molar-refractivity contribution in [3.8, 4) is 0 Å². The molecule has 3 heterocycles. The predicted octanol–water partition coefficient (Wildman–Crippen LogP) is 3.00. The van der Waals surface area contributed by atoms with Crippen LogP contribution in [0, 0.1) is 0 Å². The number of amides is 2. The number of hydrogen-bond donors (Lipinski definition) is 2. The summed E-state index contributed by atoms with van der Waals surface area (Å²) in [5.41, 5.74) is 7.72. The quantitative estimate of drug-likeness (QED) is 0.727. The van der Waals surface area contributed by atoms with Crippen LogP contribution in [0.1, 0.15) is 29.8 Å². The Morgan fingerprint density at radius 3 is 2.62 bits per heavy atom. The number of rotatable bonds is 3. The van der Waals surface area contributed by atoms with Gasteiger partial charge >= 0.3 is 0 Å². The average Bonchev–Trinajstić information content (AvgIpc) is 3.11. The fourth-order valence-electron chi connectivity index (χ4n) is 4.53. The number of hydrogen-bond acceptors (Lipinski definition) is 3. The monoisotopic (exact) mass is 386 g/mol. The molecular formula is C23H22N4O2. The van der Waals surface area contributed by atoms with E-state index in [2.05, 4.69) is 23.1 Å². The minimum absolute atomic E-state index is 0.0128. The van der Waals surface area contributed by atoms with E-state index in [1.807, 2.05) is 55.5 Å². The normalized spacial score (nSPS) is 21.1. The molecule has 0 spiro atoms. The lowest BCUT2D eigenvalue weighted by atomic mass is 9.90. The molecule has 0 saturated carbocycles. The number of aromatic nitrogens is 1. The van der Waals surface area contributed by atoms with Crippen LogP contribution in [0.3, 0.4) is 0 Å². The SMILES string of the molecule is C=C(NN1CC(=O)N2[C@@H](Cc3c([nH]c4ccccc34)[C@@H]2C)C1=O)c1ccccc1. The number of H-pyrrole nitrogens is 1. The maximum absolute atomic E-state index is 13.3. The van der Waals surface area contributed by atoms with Gasteiger partial charge in [-0.15, -0.1) is 0 Å². The van der Waals surface area contributed by atoms with Gasteiger partial charge in [0, 0.05) is 23.0 Å². The molecule has 6 nitrogen and oxygen atoms in total. The summed E-state index contributed by atoms with van der Waals surface area (Å²) in [6.07, 6.45) is 0.504. The summed E-state index contributed by atoms with van der Waals surface area (Å²) in [4.78, 5) is 31.5. The molecule has 146 valence electrons. The van der Waals surface area contributed by atoms with Crippen LogP contribution >= 0.6 is 0 Å². The summed E-state index contributed by atoms with van der Waals surface area (Å²) in [6, 6.07) is 17.0. The Labute approximate surface area is 168 Å². The molecule has 0 bridgehead atoms. The van der Waals surface area contributed by atoms with Crippen molar-refractivity contribution in [2.75, 3.05) is 6.54 Å². The molecule has 2 aromatic carbocycles. The number of nitrogens with one attached hydrogen (secondary N) is 2. The van der Waals surface area contributed by atoms with E-state index in [4.69, 9.17) is 0 Å². The van der Waals surface area contributed by atoms with E-state index in [1.54, 1.807) is 4.90 Å². The third-order valence-electron chi connectivity index (χ3n) is 5.94. The second-order valence-electron chi connectivity index (χ2n) is 7.64. The number of hydrazine groups is 1. The Morgan fingerprint density at radius 2 is 1.83 bits per heavy atom. The highest BCUT2D eigenvalue weighted by molar-refractivity contribution is 5.97. The molecule has 6 heteroatoms. The molecule has 1 aromatic heterocycles. The fraction of sp³-hybridized carbons (Fsp3) is 0.217. The van der Waals surface area contributed by atoms with Crippen LogP contribution in [0.4, 0.5) is 0 Å². The summed E-state index contributed by atoms with van der Waals surface area (Å²) in [7, 11) is 0. The van der Waals surface area contributed by atoms with Crippen molar-refractivity contribution < 1.29 is 9.59 Å². The molecule has 29 heavy (non-hydrogen) atoms. The van der Waals surface area contributed by atoms with Gasteiger partial charge in [-0.3, -0.25) is 15.0 Å². The lowest BCUT2D eigenvalue weighted by Crippen LogP contribution is -2.65. The van der Waals surface area contributed by atoms with Gasteiger partial charge in [0.2, 0.25) is 5.91 Å². The molecule has 2 aliphatic rings. The third kappa shape index (κ3) is 2.71. The first-order chi connectivity index (χ1) is 14.0. The van der Waals surface area contributed by atoms with Gasteiger partial charge in [-0.25, -0.2) is 5.01 Å². The second kappa shape index (κ2) is 6.51. The van der Waals surface area contributed by atoms with Gasteiger partial charge in [-0.2, -0.15) is 0 Å². The van der Waals surface area contributed by atoms with E-state index in [0.717, 1.165) is 27.7 Å². The molecular weight excluding hydrogens is 364 g/mol. The van der Waals surface area contributed by atoms with Gasteiger partial charge in [0.05, 0.1) is 11.7 Å². The number of piperazine rings is 1. The number of nitrogens with zero attached hydrogens (tertiary/aromatic N) is 2. The van der Waals surface area contributed by atoms with Gasteiger partial charge in [0.25, 0.3) is 5.91 Å².